The first-order valence-electron chi connectivity index (χ1n) is 15.9. The van der Waals surface area contributed by atoms with Gasteiger partial charge in [-0.2, -0.15) is 0 Å². The van der Waals surface area contributed by atoms with Gasteiger partial charge in [0.1, 0.15) is 29.8 Å². The summed E-state index contributed by atoms with van der Waals surface area (Å²) < 4.78 is 40.9. The molecule has 0 aliphatic carbocycles. The van der Waals surface area contributed by atoms with E-state index in [4.69, 9.17) is 9.47 Å². The first-order chi connectivity index (χ1) is 23.8. The van der Waals surface area contributed by atoms with Crippen molar-refractivity contribution in [2.45, 2.75) is 30.8 Å². The molecule has 5 aromatic carbocycles. The van der Waals surface area contributed by atoms with Crippen LogP contribution in [0.4, 0.5) is 5.69 Å². The number of hydrogen-bond donors (Lipinski definition) is 1. The van der Waals surface area contributed by atoms with Crippen LogP contribution in [0.5, 0.6) is 17.2 Å². The van der Waals surface area contributed by atoms with Gasteiger partial charge in [-0.05, 0) is 78.7 Å². The van der Waals surface area contributed by atoms with E-state index in [1.807, 2.05) is 73.7 Å². The fraction of sp³-hybridized carbons (Fsp3) is 0.179. The van der Waals surface area contributed by atoms with Gasteiger partial charge in [0, 0.05) is 19.5 Å². The van der Waals surface area contributed by atoms with Gasteiger partial charge in [0.15, 0.2) is 0 Å². The van der Waals surface area contributed by atoms with Crippen LogP contribution in [-0.4, -0.2) is 51.4 Å². The van der Waals surface area contributed by atoms with Gasteiger partial charge >= 0.3 is 0 Å². The Balaban J connectivity index is 1.55. The first kappa shape index (κ1) is 34.7. The standard InChI is InChI=1S/C39H39N3O6S/c1-3-40-39(44)37(27-30-14-7-4-8-15-30)41(28-31-16-13-19-35(26-31)47-2)38(43)29-42(49(45,46)36-20-11-6-12-21-36)32-22-24-34(25-23-32)48-33-17-9-5-10-18-33/h4-26,37H,3,27-29H2,1-2H3,(H,40,44). The van der Waals surface area contributed by atoms with Crippen molar-refractivity contribution in [3.63, 3.8) is 0 Å². The Hall–Kier alpha value is -5.61. The summed E-state index contributed by atoms with van der Waals surface area (Å²) in [6.07, 6.45) is 0.222. The van der Waals surface area contributed by atoms with Crippen LogP contribution < -0.4 is 19.1 Å². The average molecular weight is 678 g/mol. The van der Waals surface area contributed by atoms with E-state index in [0.717, 1.165) is 15.4 Å². The highest BCUT2D eigenvalue weighted by Gasteiger charge is 2.34. The van der Waals surface area contributed by atoms with Crippen LogP contribution in [0.3, 0.4) is 0 Å². The van der Waals surface area contributed by atoms with Gasteiger partial charge in [-0.3, -0.25) is 13.9 Å². The van der Waals surface area contributed by atoms with Crippen molar-refractivity contribution >= 4 is 27.5 Å². The molecule has 0 aliphatic heterocycles. The summed E-state index contributed by atoms with van der Waals surface area (Å²) in [7, 11) is -2.68. The molecule has 0 bridgehead atoms. The predicted molar refractivity (Wildman–Crippen MR) is 190 cm³/mol. The lowest BCUT2D eigenvalue weighted by Gasteiger charge is -2.34. The summed E-state index contributed by atoms with van der Waals surface area (Å²) in [5.41, 5.74) is 1.83. The Morgan fingerprint density at radius 2 is 1.29 bits per heavy atom. The number of carbonyl (C=O) groups is 2. The van der Waals surface area contributed by atoms with Gasteiger partial charge in [-0.15, -0.1) is 0 Å². The fourth-order valence-corrected chi connectivity index (χ4v) is 6.80. The number of rotatable bonds is 15. The van der Waals surface area contributed by atoms with E-state index in [2.05, 4.69) is 5.32 Å². The zero-order valence-electron chi connectivity index (χ0n) is 27.4. The summed E-state index contributed by atoms with van der Waals surface area (Å²) in [4.78, 5) is 29.8. The third-order valence-corrected chi connectivity index (χ3v) is 9.61. The second kappa shape index (κ2) is 16.5. The van der Waals surface area contributed by atoms with Crippen LogP contribution in [-0.2, 0) is 32.6 Å². The normalized spacial score (nSPS) is 11.6. The zero-order chi connectivity index (χ0) is 34.6. The molecule has 0 fully saturated rings. The minimum atomic E-state index is -4.23. The van der Waals surface area contributed by atoms with E-state index >= 15 is 0 Å². The van der Waals surface area contributed by atoms with Crippen molar-refractivity contribution in [2.24, 2.45) is 0 Å². The second-order valence-corrected chi connectivity index (χ2v) is 13.1. The van der Waals surface area contributed by atoms with Crippen LogP contribution >= 0.6 is 0 Å². The van der Waals surface area contributed by atoms with E-state index in [1.54, 1.807) is 67.8 Å². The highest BCUT2D eigenvalue weighted by Crippen LogP contribution is 2.29. The maximum atomic E-state index is 14.6. The number of amides is 2. The number of benzene rings is 5. The highest BCUT2D eigenvalue weighted by atomic mass is 32.2. The Morgan fingerprint density at radius 1 is 0.714 bits per heavy atom. The van der Waals surface area contributed by atoms with Crippen LogP contribution in [0, 0.1) is 0 Å². The van der Waals surface area contributed by atoms with Gasteiger partial charge in [0.05, 0.1) is 17.7 Å². The molecule has 0 heterocycles. The number of methoxy groups -OCH3 is 1. The molecular formula is C39H39N3O6S. The second-order valence-electron chi connectivity index (χ2n) is 11.2. The molecule has 5 aromatic rings. The molecule has 0 aliphatic rings. The van der Waals surface area contributed by atoms with Crippen LogP contribution in [0.15, 0.2) is 144 Å². The molecule has 0 aromatic heterocycles. The van der Waals surface area contributed by atoms with Crippen molar-refractivity contribution in [2.75, 3.05) is 24.5 Å². The molecule has 1 unspecified atom stereocenters. The number of likely N-dealkylation sites (N-methyl/N-ethyl adjacent to an activating group) is 1. The minimum Gasteiger partial charge on any atom is -0.497 e. The summed E-state index contributed by atoms with van der Waals surface area (Å²) in [5, 5.41) is 2.87. The average Bonchev–Trinajstić information content (AvgIpc) is 3.13. The molecule has 1 atom stereocenters. The summed E-state index contributed by atoms with van der Waals surface area (Å²) in [6.45, 7) is 1.64. The lowest BCUT2D eigenvalue weighted by Crippen LogP contribution is -2.53. The Labute approximate surface area is 287 Å². The number of anilines is 1. The third kappa shape index (κ3) is 9.05. The molecule has 2 amide bonds. The van der Waals surface area contributed by atoms with Gasteiger partial charge in [0.25, 0.3) is 10.0 Å². The maximum Gasteiger partial charge on any atom is 0.264 e. The van der Waals surface area contributed by atoms with Crippen molar-refractivity contribution in [1.29, 1.82) is 0 Å². The molecule has 10 heteroatoms. The number of para-hydroxylation sites is 1. The quantitative estimate of drug-likeness (QED) is 0.136. The van der Waals surface area contributed by atoms with Crippen LogP contribution in [0.2, 0.25) is 0 Å². The number of ether oxygens (including phenoxy) is 2. The fourth-order valence-electron chi connectivity index (χ4n) is 5.37. The smallest absolute Gasteiger partial charge is 0.264 e. The Bertz CT molecular complexity index is 1920. The van der Waals surface area contributed by atoms with E-state index in [0.29, 0.717) is 23.8 Å². The number of nitrogens with zero attached hydrogens (tertiary/aromatic N) is 2. The van der Waals surface area contributed by atoms with Crippen molar-refractivity contribution in [1.82, 2.24) is 10.2 Å². The molecule has 1 N–H and O–H groups in total. The third-order valence-electron chi connectivity index (χ3n) is 7.82. The summed E-state index contributed by atoms with van der Waals surface area (Å²) in [6, 6.07) is 39.4. The zero-order valence-corrected chi connectivity index (χ0v) is 28.3. The summed E-state index contributed by atoms with van der Waals surface area (Å²) in [5.74, 6) is 0.814. The highest BCUT2D eigenvalue weighted by molar-refractivity contribution is 7.92. The largest absolute Gasteiger partial charge is 0.497 e. The molecule has 252 valence electrons. The molecule has 0 saturated carbocycles. The summed E-state index contributed by atoms with van der Waals surface area (Å²) >= 11 is 0. The Kier molecular flexibility index (Phi) is 11.7. The van der Waals surface area contributed by atoms with Gasteiger partial charge < -0.3 is 19.7 Å². The maximum absolute atomic E-state index is 14.6. The predicted octanol–water partition coefficient (Wildman–Crippen LogP) is 6.46. The number of hydrogen-bond acceptors (Lipinski definition) is 6. The molecule has 0 saturated heterocycles. The van der Waals surface area contributed by atoms with Crippen molar-refractivity contribution < 1.29 is 27.5 Å². The lowest BCUT2D eigenvalue weighted by molar-refractivity contribution is -0.140. The molecule has 49 heavy (non-hydrogen) atoms. The first-order valence-corrected chi connectivity index (χ1v) is 17.4. The molecule has 0 spiro atoms. The molecule has 0 radical (unpaired) electrons. The van der Waals surface area contributed by atoms with E-state index in [-0.39, 0.29) is 29.5 Å². The van der Waals surface area contributed by atoms with Crippen molar-refractivity contribution in [3.05, 3.63) is 151 Å². The monoisotopic (exact) mass is 677 g/mol. The van der Waals surface area contributed by atoms with Gasteiger partial charge in [-0.25, -0.2) is 8.42 Å². The van der Waals surface area contributed by atoms with Crippen LogP contribution in [0.1, 0.15) is 18.1 Å². The van der Waals surface area contributed by atoms with Crippen molar-refractivity contribution in [3.8, 4) is 17.2 Å². The number of sulfonamides is 1. The van der Waals surface area contributed by atoms with E-state index in [9.17, 15) is 18.0 Å². The topological polar surface area (TPSA) is 105 Å². The molecule has 9 nitrogen and oxygen atoms in total. The van der Waals surface area contributed by atoms with E-state index in [1.165, 1.54) is 17.0 Å². The SMILES string of the molecule is CCNC(=O)C(Cc1ccccc1)N(Cc1cccc(OC)c1)C(=O)CN(c1ccc(Oc2ccccc2)cc1)S(=O)(=O)c1ccccc1. The van der Waals surface area contributed by atoms with Crippen LogP contribution in [0.25, 0.3) is 0 Å². The Morgan fingerprint density at radius 3 is 1.92 bits per heavy atom. The number of carbonyl (C=O) groups excluding carboxylic acids is 2. The van der Waals surface area contributed by atoms with Gasteiger partial charge in [-0.1, -0.05) is 78.9 Å². The minimum absolute atomic E-state index is 0.0244. The van der Waals surface area contributed by atoms with Gasteiger partial charge in [0.2, 0.25) is 11.8 Å². The molecule has 5 rings (SSSR count). The molecular weight excluding hydrogens is 639 g/mol. The van der Waals surface area contributed by atoms with E-state index < -0.39 is 28.5 Å². The lowest BCUT2D eigenvalue weighted by atomic mass is 10.0. The number of nitrogens with one attached hydrogen (secondary N) is 1.